The van der Waals surface area contributed by atoms with Crippen LogP contribution in [-0.4, -0.2) is 17.3 Å². The van der Waals surface area contributed by atoms with Gasteiger partial charge in [0.1, 0.15) is 22.4 Å². The summed E-state index contributed by atoms with van der Waals surface area (Å²) >= 11 is 0. The first-order valence-corrected chi connectivity index (χ1v) is 12.3. The predicted octanol–water partition coefficient (Wildman–Crippen LogP) is 6.17. The van der Waals surface area contributed by atoms with Crippen molar-refractivity contribution in [3.63, 3.8) is 0 Å². The van der Waals surface area contributed by atoms with E-state index in [0.29, 0.717) is 21.6 Å². The van der Waals surface area contributed by atoms with E-state index in [2.05, 4.69) is 9.43 Å². The molecule has 1 unspecified atom stereocenters. The molecule has 0 aliphatic rings. The number of nitrogens with zero attached hydrogens (tertiary/aromatic N) is 2. The van der Waals surface area contributed by atoms with Crippen LogP contribution in [0.25, 0.3) is 16.1 Å². The molecule has 0 fully saturated rings. The molecule has 1 aromatic heterocycles. The number of benzene rings is 3. The van der Waals surface area contributed by atoms with Crippen molar-refractivity contribution in [2.24, 2.45) is 4.47 Å². The third kappa shape index (κ3) is 5.26. The van der Waals surface area contributed by atoms with Crippen molar-refractivity contribution in [3.05, 3.63) is 120 Å². The van der Waals surface area contributed by atoms with Gasteiger partial charge in [0, 0.05) is 11.1 Å². The summed E-state index contributed by atoms with van der Waals surface area (Å²) < 4.78 is 34.1. The summed E-state index contributed by atoms with van der Waals surface area (Å²) in [7, 11) is -1.74. The van der Waals surface area contributed by atoms with Crippen LogP contribution < -0.4 is 4.74 Å². The highest BCUT2D eigenvalue weighted by Crippen LogP contribution is 2.37. The molecule has 0 bridgehead atoms. The summed E-state index contributed by atoms with van der Waals surface area (Å²) in [6.07, 6.45) is 3.06. The van der Waals surface area contributed by atoms with Crippen molar-refractivity contribution in [1.82, 2.24) is 0 Å². The third-order valence-corrected chi connectivity index (χ3v) is 7.39. The molecular formula is C27H22N2O5S. The first-order valence-electron chi connectivity index (χ1n) is 10.6. The van der Waals surface area contributed by atoms with Crippen LogP contribution in [0.5, 0.6) is 5.75 Å². The van der Waals surface area contributed by atoms with Gasteiger partial charge in [0.25, 0.3) is 0 Å². The van der Waals surface area contributed by atoms with Crippen molar-refractivity contribution >= 4 is 15.7 Å². The minimum atomic E-state index is -3.20. The lowest BCUT2D eigenvalue weighted by atomic mass is 9.99. The van der Waals surface area contributed by atoms with Gasteiger partial charge in [0.2, 0.25) is 0 Å². The Morgan fingerprint density at radius 3 is 2.37 bits per heavy atom. The average Bonchev–Trinajstić information content (AvgIpc) is 3.43. The molecule has 4 rings (SSSR count). The summed E-state index contributed by atoms with van der Waals surface area (Å²) in [4.78, 5) is 16.9. The third-order valence-electron chi connectivity index (χ3n) is 5.33. The monoisotopic (exact) mass is 486 g/mol. The molecule has 0 amide bonds. The molecule has 4 aromatic rings. The number of hydrogen-bond acceptors (Lipinski definition) is 6. The van der Waals surface area contributed by atoms with E-state index in [1.165, 1.54) is 19.6 Å². The minimum Gasteiger partial charge on any atom is -0.495 e. The molecule has 1 atom stereocenters. The van der Waals surface area contributed by atoms with Crippen molar-refractivity contribution in [2.45, 2.75) is 17.3 Å². The van der Waals surface area contributed by atoms with Crippen LogP contribution in [0, 0.1) is 6.57 Å². The zero-order valence-corrected chi connectivity index (χ0v) is 19.7. The number of carbonyl (C=O) groups excluding carboxylic acids is 1. The smallest absolute Gasteiger partial charge is 0.342 e. The summed E-state index contributed by atoms with van der Waals surface area (Å²) in [5.74, 6) is -0.541. The standard InChI is InChI=1S/C27H22N2O5S/c1-28-29-35(31,23-11-7-4-8-12-23)19-22-13-14-24(21-15-16-33-18-21)26(32-2)25(22)27(30)34-17-20-9-5-3-6-10-20/h3-16,18H,17,19H2,2H3. The van der Waals surface area contributed by atoms with Crippen molar-refractivity contribution in [1.29, 1.82) is 0 Å². The van der Waals surface area contributed by atoms with Gasteiger partial charge >= 0.3 is 5.97 Å². The Bertz CT molecular complexity index is 1470. The number of methoxy groups -OCH3 is 1. The molecule has 1 heterocycles. The highest BCUT2D eigenvalue weighted by atomic mass is 32.2. The van der Waals surface area contributed by atoms with Gasteiger partial charge in [-0.25, -0.2) is 9.00 Å². The largest absolute Gasteiger partial charge is 0.495 e. The van der Waals surface area contributed by atoms with Gasteiger partial charge < -0.3 is 13.9 Å². The Hall–Kier alpha value is -4.35. The summed E-state index contributed by atoms with van der Waals surface area (Å²) in [6.45, 7) is 7.29. The highest BCUT2D eigenvalue weighted by Gasteiger charge is 2.27. The molecule has 0 radical (unpaired) electrons. The molecule has 7 nitrogen and oxygen atoms in total. The van der Waals surface area contributed by atoms with Gasteiger partial charge in [-0.05, 0) is 29.3 Å². The molecule has 0 N–H and O–H groups in total. The van der Waals surface area contributed by atoms with Crippen molar-refractivity contribution < 1.29 is 22.9 Å². The zero-order chi connectivity index (χ0) is 24.7. The second kappa shape index (κ2) is 10.7. The summed E-state index contributed by atoms with van der Waals surface area (Å²) in [5.41, 5.74) is 2.67. The maximum atomic E-state index is 13.8. The van der Waals surface area contributed by atoms with E-state index in [1.54, 1.807) is 48.5 Å². The molecule has 0 saturated heterocycles. The lowest BCUT2D eigenvalue weighted by molar-refractivity contribution is 0.0468. The van der Waals surface area contributed by atoms with Crippen LogP contribution in [0.15, 0.2) is 105 Å². The first kappa shape index (κ1) is 23.8. The molecule has 0 aliphatic heterocycles. The van der Waals surface area contributed by atoms with Crippen LogP contribution in [0.4, 0.5) is 0 Å². The van der Waals surface area contributed by atoms with E-state index in [-0.39, 0.29) is 23.7 Å². The van der Waals surface area contributed by atoms with Crippen LogP contribution in [0.1, 0.15) is 21.5 Å². The SMILES string of the molecule is [C-]#[N+]N=S(=O)(Cc1ccc(-c2ccoc2)c(OC)c1C(=O)OCc1ccccc1)c1ccccc1. The lowest BCUT2D eigenvalue weighted by Gasteiger charge is -2.17. The molecule has 35 heavy (non-hydrogen) atoms. The van der Waals surface area contributed by atoms with E-state index >= 15 is 0 Å². The second-order valence-corrected chi connectivity index (χ2v) is 9.74. The van der Waals surface area contributed by atoms with Crippen molar-refractivity contribution in [3.8, 4) is 16.9 Å². The number of ether oxygens (including phenoxy) is 2. The van der Waals surface area contributed by atoms with Gasteiger partial charge in [0.05, 0.1) is 30.3 Å². The normalized spacial score (nSPS) is 12.2. The highest BCUT2D eigenvalue weighted by molar-refractivity contribution is 7.93. The van der Waals surface area contributed by atoms with Crippen LogP contribution >= 0.6 is 0 Å². The zero-order valence-electron chi connectivity index (χ0n) is 18.9. The maximum Gasteiger partial charge on any atom is 0.342 e. The van der Waals surface area contributed by atoms with E-state index in [1.807, 2.05) is 30.3 Å². The molecule has 0 spiro atoms. The van der Waals surface area contributed by atoms with E-state index in [0.717, 1.165) is 5.56 Å². The van der Waals surface area contributed by atoms with Gasteiger partial charge in [-0.15, -0.1) is 4.95 Å². The Morgan fingerprint density at radius 2 is 1.74 bits per heavy atom. The van der Waals surface area contributed by atoms with E-state index < -0.39 is 15.7 Å². The van der Waals surface area contributed by atoms with Crippen LogP contribution in [-0.2, 0) is 26.8 Å². The fourth-order valence-corrected chi connectivity index (χ4v) is 5.38. The van der Waals surface area contributed by atoms with E-state index in [9.17, 15) is 9.00 Å². The maximum absolute atomic E-state index is 13.8. The predicted molar refractivity (Wildman–Crippen MR) is 132 cm³/mol. The van der Waals surface area contributed by atoms with Gasteiger partial charge in [-0.2, -0.15) is 6.57 Å². The summed E-state index contributed by atoms with van der Waals surface area (Å²) in [5, 5.41) is 0. The Morgan fingerprint density at radius 1 is 1.03 bits per heavy atom. The minimum absolute atomic E-state index is 0.0543. The second-order valence-electron chi connectivity index (χ2n) is 7.53. The Kier molecular flexibility index (Phi) is 7.29. The lowest BCUT2D eigenvalue weighted by Crippen LogP contribution is -2.14. The van der Waals surface area contributed by atoms with Crippen LogP contribution in [0.2, 0.25) is 0 Å². The molecule has 176 valence electrons. The number of esters is 1. The fraction of sp³-hybridized carbons (Fsp3) is 0.111. The van der Waals surface area contributed by atoms with E-state index in [4.69, 9.17) is 20.5 Å². The molecule has 0 saturated carbocycles. The van der Waals surface area contributed by atoms with Crippen molar-refractivity contribution in [2.75, 3.05) is 7.11 Å². The van der Waals surface area contributed by atoms with Gasteiger partial charge in [-0.3, -0.25) is 0 Å². The number of carbonyl (C=O) groups is 1. The topological polar surface area (TPSA) is 82.5 Å². The summed E-state index contributed by atoms with van der Waals surface area (Å²) in [6, 6.07) is 23.0. The first-order chi connectivity index (χ1) is 17.1. The van der Waals surface area contributed by atoms with Gasteiger partial charge in [0.15, 0.2) is 9.73 Å². The van der Waals surface area contributed by atoms with Gasteiger partial charge in [-0.1, -0.05) is 60.7 Å². The molecule has 8 heteroatoms. The van der Waals surface area contributed by atoms with Crippen LogP contribution in [0.3, 0.4) is 0 Å². The Balaban J connectivity index is 1.82. The average molecular weight is 487 g/mol. The number of furan rings is 1. The molecular weight excluding hydrogens is 464 g/mol. The fourth-order valence-electron chi connectivity index (χ4n) is 3.69. The molecule has 0 aliphatic carbocycles. The number of hydrogen-bond donors (Lipinski definition) is 0. The quantitative estimate of drug-likeness (QED) is 0.169. The molecule has 3 aromatic carbocycles. The Labute approximate surface area is 203 Å². The number of rotatable bonds is 8.